The van der Waals surface area contributed by atoms with Gasteiger partial charge in [-0.05, 0) is 18.6 Å². The largest absolute Gasteiger partial charge is 0.334 e. The molecule has 2 rings (SSSR count). The Kier molecular flexibility index (Phi) is 1.85. The highest BCUT2D eigenvalue weighted by Gasteiger charge is 2.02. The summed E-state index contributed by atoms with van der Waals surface area (Å²) < 4.78 is 1.98. The monoisotopic (exact) mass is 173 g/mol. The van der Waals surface area contributed by atoms with E-state index in [1.165, 1.54) is 0 Å². The summed E-state index contributed by atoms with van der Waals surface area (Å²) in [6, 6.07) is 2.08. The summed E-state index contributed by atoms with van der Waals surface area (Å²) in [5.41, 5.74) is 2.22. The van der Waals surface area contributed by atoms with Gasteiger partial charge in [-0.15, -0.1) is 0 Å². The molecule has 0 fully saturated rings. The van der Waals surface area contributed by atoms with Gasteiger partial charge in [0.2, 0.25) is 0 Å². The Morgan fingerprint density at radius 2 is 2.15 bits per heavy atom. The highest BCUT2D eigenvalue weighted by Crippen LogP contribution is 2.15. The molecule has 0 aliphatic carbocycles. The van der Waals surface area contributed by atoms with E-state index in [-0.39, 0.29) is 0 Å². The van der Waals surface area contributed by atoms with E-state index in [0.717, 1.165) is 17.0 Å². The summed E-state index contributed by atoms with van der Waals surface area (Å²) in [4.78, 5) is 8.38. The molecule has 3 nitrogen and oxygen atoms in total. The molecule has 0 aromatic carbocycles. The molecule has 2 aromatic heterocycles. The molecule has 0 saturated heterocycles. The van der Waals surface area contributed by atoms with Gasteiger partial charge in [0.25, 0.3) is 0 Å². The molecule has 0 unspecified atom stereocenters. The van der Waals surface area contributed by atoms with Crippen molar-refractivity contribution >= 4 is 0 Å². The van der Waals surface area contributed by atoms with Gasteiger partial charge in [0, 0.05) is 37.4 Å². The van der Waals surface area contributed by atoms with Crippen LogP contribution in [0.3, 0.4) is 0 Å². The second-order valence-electron chi connectivity index (χ2n) is 3.11. The van der Waals surface area contributed by atoms with E-state index in [9.17, 15) is 0 Å². The summed E-state index contributed by atoms with van der Waals surface area (Å²) in [6.07, 6.45) is 7.39. The van der Waals surface area contributed by atoms with Gasteiger partial charge in [0.1, 0.15) is 5.82 Å². The number of aryl methyl sites for hydroxylation is 2. The first-order valence-corrected chi connectivity index (χ1v) is 4.17. The van der Waals surface area contributed by atoms with Gasteiger partial charge in [0.15, 0.2) is 0 Å². The van der Waals surface area contributed by atoms with Crippen LogP contribution in [0.4, 0.5) is 0 Å². The lowest BCUT2D eigenvalue weighted by atomic mass is 10.2. The Hall–Kier alpha value is -1.64. The average Bonchev–Trinajstić information content (AvgIpc) is 2.51. The fourth-order valence-electron chi connectivity index (χ4n) is 1.32. The van der Waals surface area contributed by atoms with Crippen molar-refractivity contribution in [3.63, 3.8) is 0 Å². The van der Waals surface area contributed by atoms with Crippen molar-refractivity contribution in [2.24, 2.45) is 7.05 Å². The highest BCUT2D eigenvalue weighted by atomic mass is 15.0. The fourth-order valence-corrected chi connectivity index (χ4v) is 1.32. The Labute approximate surface area is 77.1 Å². The maximum absolute atomic E-state index is 4.25. The smallest absolute Gasteiger partial charge is 0.141 e. The summed E-state index contributed by atoms with van der Waals surface area (Å²) in [5, 5.41) is 0. The topological polar surface area (TPSA) is 30.7 Å². The number of hydrogen-bond acceptors (Lipinski definition) is 2. The van der Waals surface area contributed by atoms with Crippen LogP contribution >= 0.6 is 0 Å². The molecule has 0 aliphatic rings. The zero-order valence-corrected chi connectivity index (χ0v) is 7.73. The summed E-state index contributed by atoms with van der Waals surface area (Å²) >= 11 is 0. The van der Waals surface area contributed by atoms with Gasteiger partial charge >= 0.3 is 0 Å². The number of pyridine rings is 1. The van der Waals surface area contributed by atoms with Crippen molar-refractivity contribution in [3.05, 3.63) is 36.4 Å². The predicted molar refractivity (Wildman–Crippen MR) is 51.2 cm³/mol. The lowest BCUT2D eigenvalue weighted by molar-refractivity contribution is 0.923. The Morgan fingerprint density at radius 1 is 1.31 bits per heavy atom. The molecule has 0 spiro atoms. The number of hydrogen-bond donors (Lipinski definition) is 0. The van der Waals surface area contributed by atoms with E-state index < -0.39 is 0 Å². The summed E-state index contributed by atoms with van der Waals surface area (Å²) in [5.74, 6) is 0.955. The van der Waals surface area contributed by atoms with E-state index in [2.05, 4.69) is 16.0 Å². The Morgan fingerprint density at radius 3 is 2.77 bits per heavy atom. The first-order chi connectivity index (χ1) is 6.27. The number of imidazole rings is 1. The van der Waals surface area contributed by atoms with E-state index >= 15 is 0 Å². The van der Waals surface area contributed by atoms with E-state index in [1.807, 2.05) is 37.1 Å². The molecule has 66 valence electrons. The van der Waals surface area contributed by atoms with Crippen LogP contribution in [0.25, 0.3) is 11.4 Å². The summed E-state index contributed by atoms with van der Waals surface area (Å²) in [6.45, 7) is 2.03. The Balaban J connectivity index is 2.53. The van der Waals surface area contributed by atoms with Crippen molar-refractivity contribution < 1.29 is 0 Å². The van der Waals surface area contributed by atoms with E-state index in [1.54, 1.807) is 6.20 Å². The molecule has 13 heavy (non-hydrogen) atoms. The number of nitrogens with zero attached hydrogens (tertiary/aromatic N) is 3. The van der Waals surface area contributed by atoms with Crippen LogP contribution < -0.4 is 0 Å². The maximum atomic E-state index is 4.25. The van der Waals surface area contributed by atoms with Gasteiger partial charge in [-0.3, -0.25) is 4.98 Å². The fraction of sp³-hybridized carbons (Fsp3) is 0.200. The van der Waals surface area contributed by atoms with Crippen molar-refractivity contribution in [2.75, 3.05) is 0 Å². The van der Waals surface area contributed by atoms with Crippen molar-refractivity contribution in [1.29, 1.82) is 0 Å². The van der Waals surface area contributed by atoms with Crippen LogP contribution in [0.5, 0.6) is 0 Å². The maximum Gasteiger partial charge on any atom is 0.141 e. The molecule has 2 heterocycles. The zero-order valence-electron chi connectivity index (χ0n) is 7.73. The van der Waals surface area contributed by atoms with Gasteiger partial charge in [0.05, 0.1) is 0 Å². The summed E-state index contributed by atoms with van der Waals surface area (Å²) in [7, 11) is 1.98. The van der Waals surface area contributed by atoms with Crippen molar-refractivity contribution in [3.8, 4) is 11.4 Å². The first-order valence-electron chi connectivity index (χ1n) is 4.17. The third-order valence-corrected chi connectivity index (χ3v) is 1.95. The van der Waals surface area contributed by atoms with Gasteiger partial charge < -0.3 is 4.57 Å². The van der Waals surface area contributed by atoms with Gasteiger partial charge in [-0.25, -0.2) is 4.98 Å². The lowest BCUT2D eigenvalue weighted by Crippen LogP contribution is -1.92. The minimum atomic E-state index is 0.955. The van der Waals surface area contributed by atoms with Crippen LogP contribution in [-0.4, -0.2) is 14.5 Å². The van der Waals surface area contributed by atoms with Crippen LogP contribution in [0.15, 0.2) is 30.9 Å². The third kappa shape index (κ3) is 1.45. The zero-order chi connectivity index (χ0) is 9.26. The highest BCUT2D eigenvalue weighted by molar-refractivity contribution is 5.54. The van der Waals surface area contributed by atoms with E-state index in [4.69, 9.17) is 0 Å². The second-order valence-corrected chi connectivity index (χ2v) is 3.11. The molecular weight excluding hydrogens is 162 g/mol. The second kappa shape index (κ2) is 3.01. The molecule has 0 aliphatic heterocycles. The van der Waals surface area contributed by atoms with Crippen LogP contribution in [0.1, 0.15) is 5.56 Å². The van der Waals surface area contributed by atoms with Crippen molar-refractivity contribution in [2.45, 2.75) is 6.92 Å². The van der Waals surface area contributed by atoms with Crippen LogP contribution in [0.2, 0.25) is 0 Å². The first kappa shape index (κ1) is 7.98. The molecule has 3 heteroatoms. The van der Waals surface area contributed by atoms with Crippen LogP contribution in [-0.2, 0) is 7.05 Å². The molecule has 0 radical (unpaired) electrons. The molecule has 0 atom stereocenters. The number of rotatable bonds is 1. The predicted octanol–water partition coefficient (Wildman–Crippen LogP) is 1.79. The van der Waals surface area contributed by atoms with Gasteiger partial charge in [-0.2, -0.15) is 0 Å². The standard InChI is InChI=1S/C10H11N3/c1-8-5-9(7-11-6-8)10-12-3-4-13(10)2/h3-7H,1-2H3. The average molecular weight is 173 g/mol. The van der Waals surface area contributed by atoms with Crippen molar-refractivity contribution in [1.82, 2.24) is 14.5 Å². The van der Waals surface area contributed by atoms with Gasteiger partial charge in [-0.1, -0.05) is 0 Å². The normalized spacial score (nSPS) is 10.3. The molecule has 2 aromatic rings. The number of aromatic nitrogens is 3. The molecule has 0 saturated carbocycles. The Bertz CT molecular complexity index is 418. The molecule has 0 N–H and O–H groups in total. The molecule has 0 amide bonds. The minimum absolute atomic E-state index is 0.955. The lowest BCUT2D eigenvalue weighted by Gasteiger charge is -2.01. The minimum Gasteiger partial charge on any atom is -0.334 e. The molecular formula is C10H11N3. The molecule has 0 bridgehead atoms. The van der Waals surface area contributed by atoms with E-state index in [0.29, 0.717) is 0 Å². The quantitative estimate of drug-likeness (QED) is 0.658. The third-order valence-electron chi connectivity index (χ3n) is 1.95. The SMILES string of the molecule is Cc1cncc(-c2nccn2C)c1. The van der Waals surface area contributed by atoms with Crippen LogP contribution in [0, 0.1) is 6.92 Å².